The van der Waals surface area contributed by atoms with Crippen LogP contribution in [0.4, 0.5) is 5.69 Å². The summed E-state index contributed by atoms with van der Waals surface area (Å²) in [6.07, 6.45) is 0.722. The maximum atomic E-state index is 12.3. The highest BCUT2D eigenvalue weighted by atomic mass is 32.2. The van der Waals surface area contributed by atoms with Crippen molar-refractivity contribution in [2.45, 2.75) is 25.4 Å². The van der Waals surface area contributed by atoms with Crippen LogP contribution in [0.2, 0.25) is 0 Å². The summed E-state index contributed by atoms with van der Waals surface area (Å²) in [4.78, 5) is 12.3. The number of anilines is 1. The first-order chi connectivity index (χ1) is 12.5. The molecule has 134 valence electrons. The number of para-hydroxylation sites is 1. The average Bonchev–Trinajstić information content (AvgIpc) is 2.97. The monoisotopic (exact) mass is 366 g/mol. The van der Waals surface area contributed by atoms with Crippen molar-refractivity contribution in [1.29, 1.82) is 0 Å². The first kappa shape index (κ1) is 18.2. The van der Waals surface area contributed by atoms with Crippen LogP contribution in [0.3, 0.4) is 0 Å². The number of carbonyl (C=O) groups excluding carboxylic acids is 1. The number of amides is 1. The van der Waals surface area contributed by atoms with E-state index >= 15 is 0 Å². The van der Waals surface area contributed by atoms with Gasteiger partial charge in [-0.05, 0) is 30.5 Å². The van der Waals surface area contributed by atoms with Crippen LogP contribution in [0.5, 0.6) is 0 Å². The Balaban J connectivity index is 1.60. The molecule has 0 atom stereocenters. The highest BCUT2D eigenvalue weighted by Gasteiger charge is 2.13. The van der Waals surface area contributed by atoms with Gasteiger partial charge in [-0.15, -0.1) is 10.2 Å². The largest absolute Gasteiger partial charge is 0.325 e. The van der Waals surface area contributed by atoms with E-state index in [4.69, 9.17) is 0 Å². The van der Waals surface area contributed by atoms with Crippen molar-refractivity contribution in [3.63, 3.8) is 0 Å². The number of hydrogen-bond acceptors (Lipinski definition) is 4. The summed E-state index contributed by atoms with van der Waals surface area (Å²) in [5, 5.41) is 12.2. The molecule has 1 heterocycles. The highest BCUT2D eigenvalue weighted by molar-refractivity contribution is 7.99. The molecule has 0 aliphatic heterocycles. The molecule has 0 aliphatic carbocycles. The van der Waals surface area contributed by atoms with Crippen LogP contribution in [0.15, 0.2) is 53.7 Å². The summed E-state index contributed by atoms with van der Waals surface area (Å²) in [7, 11) is 1.93. The van der Waals surface area contributed by atoms with Gasteiger partial charge in [-0.25, -0.2) is 0 Å². The van der Waals surface area contributed by atoms with Gasteiger partial charge in [0.25, 0.3) is 0 Å². The van der Waals surface area contributed by atoms with Gasteiger partial charge in [-0.1, -0.05) is 60.3 Å². The highest BCUT2D eigenvalue weighted by Crippen LogP contribution is 2.21. The van der Waals surface area contributed by atoms with Gasteiger partial charge in [0.05, 0.1) is 5.75 Å². The van der Waals surface area contributed by atoms with Crippen molar-refractivity contribution < 1.29 is 4.79 Å². The van der Waals surface area contributed by atoms with Crippen molar-refractivity contribution in [3.05, 3.63) is 71.0 Å². The number of carbonyl (C=O) groups is 1. The zero-order valence-electron chi connectivity index (χ0n) is 15.2. The predicted molar refractivity (Wildman–Crippen MR) is 106 cm³/mol. The summed E-state index contributed by atoms with van der Waals surface area (Å²) in [6, 6.07) is 16.1. The molecule has 0 radical (unpaired) electrons. The minimum absolute atomic E-state index is 0.0417. The van der Waals surface area contributed by atoms with E-state index in [1.807, 2.05) is 61.9 Å². The van der Waals surface area contributed by atoms with Crippen molar-refractivity contribution >= 4 is 23.4 Å². The lowest BCUT2D eigenvalue weighted by Gasteiger charge is -2.11. The molecule has 3 rings (SSSR count). The fraction of sp³-hybridized carbons (Fsp3) is 0.250. The average molecular weight is 366 g/mol. The minimum Gasteiger partial charge on any atom is -0.325 e. The quantitative estimate of drug-likeness (QED) is 0.675. The van der Waals surface area contributed by atoms with Crippen molar-refractivity contribution in [2.75, 3.05) is 11.1 Å². The lowest BCUT2D eigenvalue weighted by molar-refractivity contribution is -0.113. The Labute approximate surface area is 157 Å². The van der Waals surface area contributed by atoms with E-state index in [9.17, 15) is 4.79 Å². The molecule has 0 aliphatic rings. The van der Waals surface area contributed by atoms with Gasteiger partial charge in [0.2, 0.25) is 5.91 Å². The molecule has 0 fully saturated rings. The molecular formula is C20H22N4OS. The summed E-state index contributed by atoms with van der Waals surface area (Å²) >= 11 is 1.39. The lowest BCUT2D eigenvalue weighted by Crippen LogP contribution is -2.16. The second kappa shape index (κ2) is 8.19. The lowest BCUT2D eigenvalue weighted by atomic mass is 10.1. The fourth-order valence-electron chi connectivity index (χ4n) is 2.72. The van der Waals surface area contributed by atoms with Crippen LogP contribution in [0.25, 0.3) is 0 Å². The first-order valence-corrected chi connectivity index (χ1v) is 9.44. The number of benzene rings is 2. The van der Waals surface area contributed by atoms with E-state index in [0.717, 1.165) is 34.2 Å². The maximum absolute atomic E-state index is 12.3. The van der Waals surface area contributed by atoms with E-state index in [-0.39, 0.29) is 5.91 Å². The summed E-state index contributed by atoms with van der Waals surface area (Å²) < 4.78 is 1.95. The van der Waals surface area contributed by atoms with E-state index in [1.54, 1.807) is 0 Å². The van der Waals surface area contributed by atoms with E-state index in [2.05, 4.69) is 27.6 Å². The molecule has 1 N–H and O–H groups in total. The number of rotatable bonds is 6. The van der Waals surface area contributed by atoms with Crippen LogP contribution in [0, 0.1) is 13.8 Å². The first-order valence-electron chi connectivity index (χ1n) is 8.45. The van der Waals surface area contributed by atoms with Gasteiger partial charge in [-0.2, -0.15) is 0 Å². The molecule has 1 aromatic heterocycles. The second-order valence-corrected chi connectivity index (χ2v) is 7.17. The molecule has 6 heteroatoms. The molecule has 0 saturated heterocycles. The van der Waals surface area contributed by atoms with Crippen molar-refractivity contribution in [3.8, 4) is 0 Å². The van der Waals surface area contributed by atoms with Gasteiger partial charge >= 0.3 is 0 Å². The summed E-state index contributed by atoms with van der Waals surface area (Å²) in [5.41, 5.74) is 4.20. The van der Waals surface area contributed by atoms with Gasteiger partial charge in [0, 0.05) is 19.2 Å². The SMILES string of the molecule is Cc1cccc(C)c1NC(=O)CSc1nnc(Cc2ccccc2)n1C. The molecule has 3 aromatic rings. The number of thioether (sulfide) groups is 1. The molecule has 5 nitrogen and oxygen atoms in total. The Morgan fingerprint density at radius 2 is 1.73 bits per heavy atom. The molecule has 0 saturated carbocycles. The number of aromatic nitrogens is 3. The molecule has 0 spiro atoms. The Bertz CT molecular complexity index is 885. The Hall–Kier alpha value is -2.60. The van der Waals surface area contributed by atoms with Crippen LogP contribution < -0.4 is 5.32 Å². The predicted octanol–water partition coefficient (Wildman–Crippen LogP) is 3.75. The van der Waals surface area contributed by atoms with Gasteiger partial charge < -0.3 is 9.88 Å². The topological polar surface area (TPSA) is 59.8 Å². The maximum Gasteiger partial charge on any atom is 0.234 e. The van der Waals surface area contributed by atoms with Crippen LogP contribution in [-0.4, -0.2) is 26.4 Å². The zero-order valence-corrected chi connectivity index (χ0v) is 16.0. The van der Waals surface area contributed by atoms with Crippen LogP contribution in [-0.2, 0) is 18.3 Å². The normalized spacial score (nSPS) is 10.7. The molecular weight excluding hydrogens is 344 g/mol. The summed E-state index contributed by atoms with van der Waals surface area (Å²) in [5.74, 6) is 1.14. The standard InChI is InChI=1S/C20H22N4OS/c1-14-8-7-9-15(2)19(14)21-18(25)13-26-20-23-22-17(24(20)3)12-16-10-5-4-6-11-16/h4-11H,12-13H2,1-3H3,(H,21,25). The number of hydrogen-bond donors (Lipinski definition) is 1. The Morgan fingerprint density at radius 1 is 1.04 bits per heavy atom. The third-order valence-electron chi connectivity index (χ3n) is 4.21. The van der Waals surface area contributed by atoms with Crippen molar-refractivity contribution in [1.82, 2.24) is 14.8 Å². The molecule has 1 amide bonds. The van der Waals surface area contributed by atoms with Gasteiger partial charge in [0.1, 0.15) is 5.82 Å². The third-order valence-corrected chi connectivity index (χ3v) is 5.23. The Morgan fingerprint density at radius 3 is 2.42 bits per heavy atom. The zero-order chi connectivity index (χ0) is 18.5. The van der Waals surface area contributed by atoms with Gasteiger partial charge in [-0.3, -0.25) is 4.79 Å². The number of nitrogens with zero attached hydrogens (tertiary/aromatic N) is 3. The molecule has 0 unspecified atom stereocenters. The Kier molecular flexibility index (Phi) is 5.73. The fourth-order valence-corrected chi connectivity index (χ4v) is 3.45. The van der Waals surface area contributed by atoms with Crippen LogP contribution in [0.1, 0.15) is 22.5 Å². The number of nitrogens with one attached hydrogen (secondary N) is 1. The second-order valence-electron chi connectivity index (χ2n) is 6.22. The van der Waals surface area contributed by atoms with Gasteiger partial charge in [0.15, 0.2) is 5.16 Å². The van der Waals surface area contributed by atoms with E-state index < -0.39 is 0 Å². The van der Waals surface area contributed by atoms with E-state index in [0.29, 0.717) is 5.75 Å². The number of aryl methyl sites for hydroxylation is 2. The van der Waals surface area contributed by atoms with Crippen LogP contribution >= 0.6 is 11.8 Å². The smallest absolute Gasteiger partial charge is 0.234 e. The third kappa shape index (κ3) is 4.32. The van der Waals surface area contributed by atoms with E-state index in [1.165, 1.54) is 17.3 Å². The summed E-state index contributed by atoms with van der Waals surface area (Å²) in [6.45, 7) is 3.99. The molecule has 26 heavy (non-hydrogen) atoms. The minimum atomic E-state index is -0.0417. The molecule has 0 bridgehead atoms. The van der Waals surface area contributed by atoms with Crippen molar-refractivity contribution in [2.24, 2.45) is 7.05 Å². The molecule has 2 aromatic carbocycles.